The normalized spacial score (nSPS) is 11.0. The maximum atomic E-state index is 11.7. The van der Waals surface area contributed by atoms with Gasteiger partial charge in [0.2, 0.25) is 0 Å². The van der Waals surface area contributed by atoms with E-state index in [0.29, 0.717) is 5.75 Å². The van der Waals surface area contributed by atoms with Crippen LogP contribution in [0.5, 0.6) is 5.75 Å². The highest BCUT2D eigenvalue weighted by molar-refractivity contribution is 9.10. The number of aromatic nitrogens is 1. The van der Waals surface area contributed by atoms with Gasteiger partial charge in [0.05, 0.1) is 6.21 Å². The fourth-order valence-corrected chi connectivity index (χ4v) is 2.35. The van der Waals surface area contributed by atoms with Gasteiger partial charge in [-0.15, -0.1) is 0 Å². The molecule has 2 N–H and O–H groups in total. The Labute approximate surface area is 141 Å². The highest BCUT2D eigenvalue weighted by atomic mass is 79.9. The molecular formula is C17H14BrN3O2. The van der Waals surface area contributed by atoms with E-state index in [9.17, 15) is 4.79 Å². The van der Waals surface area contributed by atoms with E-state index in [4.69, 9.17) is 4.74 Å². The van der Waals surface area contributed by atoms with Crippen molar-refractivity contribution in [3.8, 4) is 5.75 Å². The SMILES string of the molecule is O=C(COc1ccc(Br)cc1)N/N=C\c1c[nH]c2ccccc12. The molecular weight excluding hydrogens is 358 g/mol. The first-order chi connectivity index (χ1) is 11.2. The van der Waals surface area contributed by atoms with Crippen LogP contribution >= 0.6 is 15.9 Å². The molecule has 0 aliphatic heterocycles. The standard InChI is InChI=1S/C17H14BrN3O2/c18-13-5-7-14(8-6-13)23-11-17(22)21-20-10-12-9-19-16-4-2-1-3-15(12)16/h1-10,19H,11H2,(H,21,22)/b20-10-. The molecule has 0 atom stereocenters. The summed E-state index contributed by atoms with van der Waals surface area (Å²) in [5.41, 5.74) is 4.39. The molecule has 0 radical (unpaired) electrons. The average Bonchev–Trinajstić information content (AvgIpc) is 2.98. The molecule has 0 aliphatic rings. The molecule has 0 aliphatic carbocycles. The van der Waals surface area contributed by atoms with Crippen molar-refractivity contribution < 1.29 is 9.53 Å². The summed E-state index contributed by atoms with van der Waals surface area (Å²) >= 11 is 3.34. The van der Waals surface area contributed by atoms with Crippen molar-refractivity contribution in [1.29, 1.82) is 0 Å². The Balaban J connectivity index is 1.53. The molecule has 0 bridgehead atoms. The summed E-state index contributed by atoms with van der Waals surface area (Å²) in [4.78, 5) is 14.9. The lowest BCUT2D eigenvalue weighted by atomic mass is 10.2. The van der Waals surface area contributed by atoms with Crippen LogP contribution in [0.15, 0.2) is 64.3 Å². The minimum Gasteiger partial charge on any atom is -0.484 e. The second kappa shape index (κ2) is 7.11. The van der Waals surface area contributed by atoms with Gasteiger partial charge in [0, 0.05) is 27.1 Å². The number of hydrogen-bond donors (Lipinski definition) is 2. The Hall–Kier alpha value is -2.60. The van der Waals surface area contributed by atoms with Gasteiger partial charge in [-0.25, -0.2) is 5.43 Å². The zero-order valence-corrected chi connectivity index (χ0v) is 13.7. The first-order valence-corrected chi connectivity index (χ1v) is 7.78. The molecule has 0 fully saturated rings. The van der Waals surface area contributed by atoms with Gasteiger partial charge < -0.3 is 9.72 Å². The van der Waals surface area contributed by atoms with Crippen molar-refractivity contribution in [3.05, 3.63) is 64.8 Å². The lowest BCUT2D eigenvalue weighted by Crippen LogP contribution is -2.24. The number of aromatic amines is 1. The number of carbonyl (C=O) groups excluding carboxylic acids is 1. The lowest BCUT2D eigenvalue weighted by molar-refractivity contribution is -0.123. The fourth-order valence-electron chi connectivity index (χ4n) is 2.09. The van der Waals surface area contributed by atoms with Gasteiger partial charge in [-0.1, -0.05) is 34.1 Å². The molecule has 0 unspecified atom stereocenters. The smallest absolute Gasteiger partial charge is 0.277 e. The number of nitrogens with one attached hydrogen (secondary N) is 2. The average molecular weight is 372 g/mol. The Morgan fingerprint density at radius 1 is 1.22 bits per heavy atom. The minimum atomic E-state index is -0.316. The predicted molar refractivity (Wildman–Crippen MR) is 93.7 cm³/mol. The van der Waals surface area contributed by atoms with Gasteiger partial charge in [-0.3, -0.25) is 4.79 Å². The Kier molecular flexibility index (Phi) is 4.73. The number of hydrogen-bond acceptors (Lipinski definition) is 3. The monoisotopic (exact) mass is 371 g/mol. The van der Waals surface area contributed by atoms with Crippen LogP contribution in [-0.2, 0) is 4.79 Å². The van der Waals surface area contributed by atoms with Crippen LogP contribution in [0.2, 0.25) is 0 Å². The lowest BCUT2D eigenvalue weighted by Gasteiger charge is -2.04. The Morgan fingerprint density at radius 2 is 2.00 bits per heavy atom. The van der Waals surface area contributed by atoms with E-state index in [1.807, 2.05) is 42.6 Å². The van der Waals surface area contributed by atoms with Crippen molar-refractivity contribution in [2.24, 2.45) is 5.10 Å². The van der Waals surface area contributed by atoms with E-state index in [2.05, 4.69) is 31.4 Å². The summed E-state index contributed by atoms with van der Waals surface area (Å²) < 4.78 is 6.32. The third kappa shape index (κ3) is 3.98. The van der Waals surface area contributed by atoms with Crippen LogP contribution < -0.4 is 10.2 Å². The summed E-state index contributed by atoms with van der Waals surface area (Å²) in [6, 6.07) is 15.2. The zero-order valence-electron chi connectivity index (χ0n) is 12.1. The van der Waals surface area contributed by atoms with Gasteiger partial charge >= 0.3 is 0 Å². The third-order valence-electron chi connectivity index (χ3n) is 3.20. The summed E-state index contributed by atoms with van der Waals surface area (Å²) in [7, 11) is 0. The molecule has 3 aromatic rings. The van der Waals surface area contributed by atoms with Crippen molar-refractivity contribution in [3.63, 3.8) is 0 Å². The Bertz CT molecular complexity index is 840. The quantitative estimate of drug-likeness (QED) is 0.532. The number of carbonyl (C=O) groups is 1. The summed E-state index contributed by atoms with van der Waals surface area (Å²) in [5.74, 6) is 0.313. The highest BCUT2D eigenvalue weighted by Crippen LogP contribution is 2.16. The van der Waals surface area contributed by atoms with Crippen molar-refractivity contribution >= 4 is 39.0 Å². The summed E-state index contributed by atoms with van der Waals surface area (Å²) in [6.45, 7) is -0.0904. The van der Waals surface area contributed by atoms with Gasteiger partial charge in [0.25, 0.3) is 5.91 Å². The van der Waals surface area contributed by atoms with Gasteiger partial charge in [0.1, 0.15) is 5.75 Å². The van der Waals surface area contributed by atoms with Crippen molar-refractivity contribution in [2.45, 2.75) is 0 Å². The first-order valence-electron chi connectivity index (χ1n) is 6.99. The molecule has 1 heterocycles. The number of fused-ring (bicyclic) bond motifs is 1. The van der Waals surface area contributed by atoms with Crippen LogP contribution in [0, 0.1) is 0 Å². The molecule has 116 valence electrons. The number of ether oxygens (including phenoxy) is 1. The molecule has 0 spiro atoms. The van der Waals surface area contributed by atoms with Crippen LogP contribution in [0.3, 0.4) is 0 Å². The largest absolute Gasteiger partial charge is 0.484 e. The predicted octanol–water partition coefficient (Wildman–Crippen LogP) is 3.46. The number of nitrogens with zero attached hydrogens (tertiary/aromatic N) is 1. The number of rotatable bonds is 5. The van der Waals surface area contributed by atoms with Crippen LogP contribution in [0.25, 0.3) is 10.9 Å². The van der Waals surface area contributed by atoms with Crippen LogP contribution in [-0.4, -0.2) is 23.7 Å². The maximum Gasteiger partial charge on any atom is 0.277 e. The molecule has 5 nitrogen and oxygen atoms in total. The van der Waals surface area contributed by atoms with Gasteiger partial charge in [-0.2, -0.15) is 5.10 Å². The zero-order chi connectivity index (χ0) is 16.1. The van der Waals surface area contributed by atoms with Crippen LogP contribution in [0.1, 0.15) is 5.56 Å². The fraction of sp³-hybridized carbons (Fsp3) is 0.0588. The molecule has 0 saturated carbocycles. The molecule has 0 saturated heterocycles. The number of para-hydroxylation sites is 1. The minimum absolute atomic E-state index is 0.0904. The number of hydrazone groups is 1. The van der Waals surface area contributed by atoms with E-state index >= 15 is 0 Å². The molecule has 2 aromatic carbocycles. The molecule has 6 heteroatoms. The van der Waals surface area contributed by atoms with Crippen molar-refractivity contribution in [1.82, 2.24) is 10.4 Å². The first kappa shape index (κ1) is 15.3. The van der Waals surface area contributed by atoms with Crippen molar-refractivity contribution in [2.75, 3.05) is 6.61 Å². The van der Waals surface area contributed by atoms with E-state index < -0.39 is 0 Å². The molecule has 1 amide bonds. The number of amides is 1. The molecule has 3 rings (SSSR count). The second-order valence-electron chi connectivity index (χ2n) is 4.83. The third-order valence-corrected chi connectivity index (χ3v) is 3.73. The number of benzene rings is 2. The van der Waals surface area contributed by atoms with E-state index in [0.717, 1.165) is 20.9 Å². The van der Waals surface area contributed by atoms with Gasteiger partial charge in [0.15, 0.2) is 6.61 Å². The highest BCUT2D eigenvalue weighted by Gasteiger charge is 2.02. The Morgan fingerprint density at radius 3 is 2.83 bits per heavy atom. The van der Waals surface area contributed by atoms with Crippen LogP contribution in [0.4, 0.5) is 0 Å². The number of halogens is 1. The van der Waals surface area contributed by atoms with E-state index in [1.54, 1.807) is 18.3 Å². The van der Waals surface area contributed by atoms with E-state index in [-0.39, 0.29) is 12.5 Å². The summed E-state index contributed by atoms with van der Waals surface area (Å²) in [5, 5.41) is 5.01. The molecule has 1 aromatic heterocycles. The van der Waals surface area contributed by atoms with E-state index in [1.165, 1.54) is 0 Å². The second-order valence-corrected chi connectivity index (χ2v) is 5.74. The molecule has 23 heavy (non-hydrogen) atoms. The topological polar surface area (TPSA) is 66.5 Å². The number of H-pyrrole nitrogens is 1. The van der Waals surface area contributed by atoms with Gasteiger partial charge in [-0.05, 0) is 30.3 Å². The summed E-state index contributed by atoms with van der Waals surface area (Å²) in [6.07, 6.45) is 3.45. The maximum absolute atomic E-state index is 11.7.